The van der Waals surface area contributed by atoms with Crippen LogP contribution in [-0.2, 0) is 4.74 Å². The van der Waals surface area contributed by atoms with Gasteiger partial charge in [0.15, 0.2) is 0 Å². The minimum absolute atomic E-state index is 0.218. The van der Waals surface area contributed by atoms with Crippen molar-refractivity contribution < 1.29 is 18.9 Å². The highest BCUT2D eigenvalue weighted by Gasteiger charge is 2.27. The lowest BCUT2D eigenvalue weighted by molar-refractivity contribution is -0.471. The molecule has 0 unspecified atom stereocenters. The van der Waals surface area contributed by atoms with Gasteiger partial charge in [0.2, 0.25) is 0 Å². The van der Waals surface area contributed by atoms with Crippen molar-refractivity contribution in [2.24, 2.45) is 0 Å². The van der Waals surface area contributed by atoms with Gasteiger partial charge in [-0.3, -0.25) is 4.58 Å². The van der Waals surface area contributed by atoms with Crippen LogP contribution in [0.4, 0.5) is 9.59 Å². The Hall–Kier alpha value is -1.79. The molecule has 1 saturated carbocycles. The minimum atomic E-state index is -0.535. The second-order valence-electron chi connectivity index (χ2n) is 5.18. The van der Waals surface area contributed by atoms with E-state index >= 15 is 0 Å². The second kappa shape index (κ2) is 7.72. The molecule has 114 valence electrons. The fraction of sp³-hybridized carbons (Fsp3) is 0.769. The summed E-state index contributed by atoms with van der Waals surface area (Å²) in [6.07, 6.45) is 5.02. The predicted molar refractivity (Wildman–Crippen MR) is 75.8 cm³/mol. The van der Waals surface area contributed by atoms with E-state index in [1.165, 1.54) is 18.4 Å². The predicted octanol–water partition coefficient (Wildman–Crippen LogP) is 0.945. The highest BCUT2D eigenvalue weighted by Crippen LogP contribution is 2.17. The van der Waals surface area contributed by atoms with Crippen molar-refractivity contribution in [2.75, 3.05) is 28.3 Å². The summed E-state index contributed by atoms with van der Waals surface area (Å²) in [6, 6.07) is -0.0769. The lowest BCUT2D eigenvalue weighted by atomic mass is 9.96. The van der Waals surface area contributed by atoms with Crippen molar-refractivity contribution in [3.63, 3.8) is 0 Å². The van der Waals surface area contributed by atoms with Gasteiger partial charge in [-0.25, -0.2) is 9.59 Å². The first kappa shape index (κ1) is 16.3. The molecule has 0 bridgehead atoms. The number of hydrogen-bond donors (Lipinski definition) is 2. The van der Waals surface area contributed by atoms with Gasteiger partial charge < -0.3 is 10.1 Å². The van der Waals surface area contributed by atoms with Gasteiger partial charge in [0.05, 0.1) is 28.3 Å². The Morgan fingerprint density at radius 3 is 2.30 bits per heavy atom. The summed E-state index contributed by atoms with van der Waals surface area (Å²) >= 11 is 0. The van der Waals surface area contributed by atoms with Gasteiger partial charge in [0, 0.05) is 6.04 Å². The summed E-state index contributed by atoms with van der Waals surface area (Å²) in [7, 11) is 6.33. The van der Waals surface area contributed by atoms with E-state index in [-0.39, 0.29) is 12.1 Å². The van der Waals surface area contributed by atoms with Crippen LogP contribution in [0.3, 0.4) is 0 Å². The van der Waals surface area contributed by atoms with Crippen LogP contribution in [0.1, 0.15) is 32.1 Å². The normalized spacial score (nSPS) is 15.2. The SMILES string of the molecule is COC(=O)N(C)C(NC(=O)NC1CCCCC1)=[N+](C)C. The number of urea groups is 1. The molecule has 20 heavy (non-hydrogen) atoms. The molecule has 0 aliphatic heterocycles. The van der Waals surface area contributed by atoms with E-state index < -0.39 is 6.09 Å². The molecular weight excluding hydrogens is 260 g/mol. The molecule has 0 aromatic heterocycles. The van der Waals surface area contributed by atoms with Gasteiger partial charge in [-0.2, -0.15) is 10.2 Å². The molecule has 1 aliphatic carbocycles. The molecule has 0 heterocycles. The van der Waals surface area contributed by atoms with Gasteiger partial charge >= 0.3 is 18.1 Å². The van der Waals surface area contributed by atoms with E-state index in [0.29, 0.717) is 5.96 Å². The molecule has 0 saturated heterocycles. The maximum absolute atomic E-state index is 12.0. The van der Waals surface area contributed by atoms with Gasteiger partial charge in [0.25, 0.3) is 0 Å². The Bertz CT molecular complexity index is 385. The Balaban J connectivity index is 2.59. The Morgan fingerprint density at radius 2 is 1.80 bits per heavy atom. The van der Waals surface area contributed by atoms with Crippen molar-refractivity contribution in [2.45, 2.75) is 38.1 Å². The smallest absolute Gasteiger partial charge is 0.441 e. The van der Waals surface area contributed by atoms with Gasteiger partial charge in [-0.1, -0.05) is 19.3 Å². The Labute approximate surface area is 120 Å². The van der Waals surface area contributed by atoms with E-state index in [2.05, 4.69) is 15.4 Å². The van der Waals surface area contributed by atoms with Crippen molar-refractivity contribution in [1.29, 1.82) is 0 Å². The molecule has 3 amide bonds. The first-order valence-corrected chi connectivity index (χ1v) is 6.89. The maximum atomic E-state index is 12.0. The zero-order valence-corrected chi connectivity index (χ0v) is 12.7. The molecule has 2 N–H and O–H groups in total. The van der Waals surface area contributed by atoms with Crippen LogP contribution in [-0.4, -0.2) is 61.9 Å². The van der Waals surface area contributed by atoms with E-state index in [9.17, 15) is 9.59 Å². The number of guanidine groups is 1. The van der Waals surface area contributed by atoms with E-state index in [0.717, 1.165) is 25.7 Å². The topological polar surface area (TPSA) is 73.7 Å². The van der Waals surface area contributed by atoms with Crippen LogP contribution >= 0.6 is 0 Å². The molecular formula is C13H25N4O3+. The van der Waals surface area contributed by atoms with E-state index in [1.807, 2.05) is 0 Å². The fourth-order valence-corrected chi connectivity index (χ4v) is 2.29. The number of nitrogens with one attached hydrogen (secondary N) is 2. The van der Waals surface area contributed by atoms with Crippen molar-refractivity contribution in [3.8, 4) is 0 Å². The second-order valence-corrected chi connectivity index (χ2v) is 5.18. The summed E-state index contributed by atoms with van der Waals surface area (Å²) in [5, 5.41) is 5.64. The molecule has 1 rings (SSSR count). The number of amides is 3. The average molecular weight is 285 g/mol. The molecule has 1 aliphatic rings. The van der Waals surface area contributed by atoms with E-state index in [4.69, 9.17) is 0 Å². The summed E-state index contributed by atoms with van der Waals surface area (Å²) in [5.74, 6) is 0.366. The number of methoxy groups -OCH3 is 1. The first-order valence-electron chi connectivity index (χ1n) is 6.89. The zero-order chi connectivity index (χ0) is 15.1. The summed E-state index contributed by atoms with van der Waals surface area (Å²) < 4.78 is 6.29. The number of ether oxygens (including phenoxy) is 1. The molecule has 7 heteroatoms. The molecule has 0 spiro atoms. The third-order valence-electron chi connectivity index (χ3n) is 3.36. The lowest BCUT2D eigenvalue weighted by Gasteiger charge is -2.22. The number of carbonyl (C=O) groups excluding carboxylic acids is 2. The average Bonchev–Trinajstić information content (AvgIpc) is 2.44. The van der Waals surface area contributed by atoms with Crippen LogP contribution in [0.15, 0.2) is 0 Å². The van der Waals surface area contributed by atoms with Gasteiger partial charge in [-0.15, -0.1) is 0 Å². The lowest BCUT2D eigenvalue weighted by Crippen LogP contribution is -2.53. The highest BCUT2D eigenvalue weighted by atomic mass is 16.5. The highest BCUT2D eigenvalue weighted by molar-refractivity contribution is 6.00. The standard InChI is InChI=1S/C13H24N4O3/c1-16(2)12(17(3)13(19)20-4)15-11(18)14-10-8-6-5-7-9-10/h10H,5-9H2,1-4H3,(H,14,18)/p+1. The molecule has 0 aromatic carbocycles. The summed E-state index contributed by atoms with van der Waals surface area (Å²) in [6.45, 7) is 0. The largest absolute Gasteiger partial charge is 0.478 e. The fourth-order valence-electron chi connectivity index (χ4n) is 2.29. The molecule has 0 radical (unpaired) electrons. The molecule has 0 aromatic rings. The zero-order valence-electron chi connectivity index (χ0n) is 12.7. The van der Waals surface area contributed by atoms with Crippen LogP contribution in [0.5, 0.6) is 0 Å². The Kier molecular flexibility index (Phi) is 6.27. The number of rotatable bonds is 1. The molecule has 0 atom stereocenters. The maximum Gasteiger partial charge on any atom is 0.478 e. The van der Waals surface area contributed by atoms with Crippen LogP contribution in [0.2, 0.25) is 0 Å². The number of carbonyl (C=O) groups is 2. The van der Waals surface area contributed by atoms with Crippen LogP contribution in [0.25, 0.3) is 0 Å². The number of hydrogen-bond acceptors (Lipinski definition) is 3. The summed E-state index contributed by atoms with van der Waals surface area (Å²) in [5.41, 5.74) is 0. The number of nitrogens with zero attached hydrogens (tertiary/aromatic N) is 2. The van der Waals surface area contributed by atoms with Crippen LogP contribution < -0.4 is 10.6 Å². The quantitative estimate of drug-likeness (QED) is 0.428. The van der Waals surface area contributed by atoms with Gasteiger partial charge in [0.1, 0.15) is 0 Å². The van der Waals surface area contributed by atoms with Crippen molar-refractivity contribution >= 4 is 18.1 Å². The van der Waals surface area contributed by atoms with E-state index in [1.54, 1.807) is 25.7 Å². The minimum Gasteiger partial charge on any atom is -0.441 e. The van der Waals surface area contributed by atoms with Crippen molar-refractivity contribution in [1.82, 2.24) is 15.5 Å². The third-order valence-corrected chi connectivity index (χ3v) is 3.36. The Morgan fingerprint density at radius 1 is 1.20 bits per heavy atom. The monoisotopic (exact) mass is 285 g/mol. The first-order chi connectivity index (χ1) is 9.45. The molecule has 1 fully saturated rings. The van der Waals surface area contributed by atoms with Crippen LogP contribution in [0, 0.1) is 0 Å². The summed E-state index contributed by atoms with van der Waals surface area (Å²) in [4.78, 5) is 24.8. The van der Waals surface area contributed by atoms with Crippen molar-refractivity contribution in [3.05, 3.63) is 0 Å². The van der Waals surface area contributed by atoms with Gasteiger partial charge in [-0.05, 0) is 12.8 Å². The molecule has 7 nitrogen and oxygen atoms in total. The third kappa shape index (κ3) is 4.71.